The van der Waals surface area contributed by atoms with Crippen LogP contribution in [-0.4, -0.2) is 12.5 Å². The highest BCUT2D eigenvalue weighted by Crippen LogP contribution is 2.36. The number of nitrogens with two attached hydrogens (primary N) is 1. The molecule has 0 heterocycles. The molecule has 1 saturated carbocycles. The van der Waals surface area contributed by atoms with Crippen LogP contribution in [0, 0.1) is 15.4 Å². The van der Waals surface area contributed by atoms with Crippen molar-refractivity contribution in [3.8, 4) is 0 Å². The number of nitrogen functional groups attached to an aromatic ring is 1. The molecular formula is C13H17IN2O. The van der Waals surface area contributed by atoms with Gasteiger partial charge in [0.15, 0.2) is 0 Å². The Morgan fingerprint density at radius 3 is 2.88 bits per heavy atom. The molecule has 1 aromatic carbocycles. The van der Waals surface area contributed by atoms with Crippen molar-refractivity contribution < 1.29 is 4.79 Å². The molecule has 1 unspecified atom stereocenters. The maximum Gasteiger partial charge on any atom is 0.251 e. The molecule has 1 atom stereocenters. The number of rotatable bonds is 4. The van der Waals surface area contributed by atoms with E-state index in [0.717, 1.165) is 16.0 Å². The number of hydrogen-bond donors (Lipinski definition) is 2. The highest BCUT2D eigenvalue weighted by atomic mass is 127. The van der Waals surface area contributed by atoms with Gasteiger partial charge in [0.25, 0.3) is 5.91 Å². The Balaban J connectivity index is 1.92. The zero-order valence-electron chi connectivity index (χ0n) is 9.87. The molecule has 92 valence electrons. The fraction of sp³-hybridized carbons (Fsp3) is 0.462. The second-order valence-corrected chi connectivity index (χ2v) is 5.92. The van der Waals surface area contributed by atoms with Gasteiger partial charge >= 0.3 is 0 Å². The average molecular weight is 344 g/mol. The maximum absolute atomic E-state index is 11.9. The summed E-state index contributed by atoms with van der Waals surface area (Å²) in [5.41, 5.74) is 7.12. The number of nitrogens with one attached hydrogen (secondary N) is 1. The van der Waals surface area contributed by atoms with Crippen LogP contribution in [0.3, 0.4) is 0 Å². The Morgan fingerprint density at radius 2 is 2.29 bits per heavy atom. The number of amides is 1. The first-order valence-corrected chi connectivity index (χ1v) is 6.99. The maximum atomic E-state index is 11.9. The summed E-state index contributed by atoms with van der Waals surface area (Å²) in [7, 11) is 0. The first kappa shape index (κ1) is 12.7. The summed E-state index contributed by atoms with van der Waals surface area (Å²) < 4.78 is 0.922. The Hall–Kier alpha value is -0.780. The van der Waals surface area contributed by atoms with Crippen LogP contribution in [0.25, 0.3) is 0 Å². The van der Waals surface area contributed by atoms with Crippen molar-refractivity contribution in [1.29, 1.82) is 0 Å². The second kappa shape index (κ2) is 5.25. The quantitative estimate of drug-likeness (QED) is 0.652. The summed E-state index contributed by atoms with van der Waals surface area (Å²) in [5, 5.41) is 2.98. The van der Waals surface area contributed by atoms with E-state index in [4.69, 9.17) is 5.73 Å². The van der Waals surface area contributed by atoms with Gasteiger partial charge in [-0.15, -0.1) is 0 Å². The van der Waals surface area contributed by atoms with Crippen molar-refractivity contribution in [2.45, 2.75) is 19.8 Å². The molecule has 17 heavy (non-hydrogen) atoms. The van der Waals surface area contributed by atoms with Gasteiger partial charge in [-0.2, -0.15) is 0 Å². The van der Waals surface area contributed by atoms with Gasteiger partial charge < -0.3 is 11.1 Å². The Bertz CT molecular complexity index is 429. The van der Waals surface area contributed by atoms with Gasteiger partial charge in [-0.05, 0) is 65.5 Å². The first-order valence-electron chi connectivity index (χ1n) is 5.91. The topological polar surface area (TPSA) is 55.1 Å². The van der Waals surface area contributed by atoms with Crippen LogP contribution in [0.15, 0.2) is 18.2 Å². The number of benzene rings is 1. The third-order valence-corrected chi connectivity index (χ3v) is 4.21. The smallest absolute Gasteiger partial charge is 0.251 e. The lowest BCUT2D eigenvalue weighted by atomic mass is 10.1. The molecule has 0 spiro atoms. The van der Waals surface area contributed by atoms with Gasteiger partial charge in [0, 0.05) is 21.4 Å². The summed E-state index contributed by atoms with van der Waals surface area (Å²) in [6.07, 6.45) is 2.63. The normalized spacial score (nSPS) is 16.6. The number of hydrogen-bond acceptors (Lipinski definition) is 2. The molecule has 1 aromatic rings. The monoisotopic (exact) mass is 344 g/mol. The van der Waals surface area contributed by atoms with Crippen molar-refractivity contribution in [2.24, 2.45) is 11.8 Å². The van der Waals surface area contributed by atoms with Crippen LogP contribution >= 0.6 is 22.6 Å². The zero-order valence-corrected chi connectivity index (χ0v) is 12.0. The van der Waals surface area contributed by atoms with Gasteiger partial charge in [-0.3, -0.25) is 4.79 Å². The predicted molar refractivity (Wildman–Crippen MR) is 77.8 cm³/mol. The minimum Gasteiger partial charge on any atom is -0.398 e. The highest BCUT2D eigenvalue weighted by Gasteiger charge is 2.27. The molecule has 3 N–H and O–H groups in total. The molecule has 0 aromatic heterocycles. The van der Waals surface area contributed by atoms with Crippen LogP contribution in [0.2, 0.25) is 0 Å². The second-order valence-electron chi connectivity index (χ2n) is 4.76. The van der Waals surface area contributed by atoms with E-state index in [-0.39, 0.29) is 5.91 Å². The van der Waals surface area contributed by atoms with Gasteiger partial charge in [0.2, 0.25) is 0 Å². The van der Waals surface area contributed by atoms with Crippen molar-refractivity contribution >= 4 is 34.2 Å². The van der Waals surface area contributed by atoms with Crippen LogP contribution in [-0.2, 0) is 0 Å². The molecule has 0 bridgehead atoms. The molecule has 4 heteroatoms. The molecule has 2 rings (SSSR count). The van der Waals surface area contributed by atoms with E-state index in [9.17, 15) is 4.79 Å². The standard InChI is InChI=1S/C13H17IN2O/c1-8(9-2-3-9)7-16-13(17)10-4-5-12(15)11(14)6-10/h4-6,8-9H,2-3,7,15H2,1H3,(H,16,17). The molecule has 1 amide bonds. The molecule has 3 nitrogen and oxygen atoms in total. The lowest BCUT2D eigenvalue weighted by Gasteiger charge is -2.11. The molecular weight excluding hydrogens is 327 g/mol. The van der Waals surface area contributed by atoms with Crippen LogP contribution in [0.4, 0.5) is 5.69 Å². The van der Waals surface area contributed by atoms with E-state index in [1.165, 1.54) is 12.8 Å². The van der Waals surface area contributed by atoms with E-state index in [1.54, 1.807) is 12.1 Å². The molecule has 1 fully saturated rings. The Kier molecular flexibility index (Phi) is 3.91. The summed E-state index contributed by atoms with van der Waals surface area (Å²) >= 11 is 2.14. The fourth-order valence-corrected chi connectivity index (χ4v) is 2.37. The largest absolute Gasteiger partial charge is 0.398 e. The molecule has 0 aliphatic heterocycles. The Morgan fingerprint density at radius 1 is 1.59 bits per heavy atom. The van der Waals surface area contributed by atoms with Gasteiger partial charge in [-0.1, -0.05) is 6.92 Å². The van der Waals surface area contributed by atoms with Crippen molar-refractivity contribution in [3.63, 3.8) is 0 Å². The van der Waals surface area contributed by atoms with Crippen LogP contribution < -0.4 is 11.1 Å². The molecule has 1 aliphatic rings. The van der Waals surface area contributed by atoms with Gasteiger partial charge in [0.1, 0.15) is 0 Å². The number of carbonyl (C=O) groups is 1. The van der Waals surface area contributed by atoms with Crippen LogP contribution in [0.5, 0.6) is 0 Å². The predicted octanol–water partition coefficient (Wildman–Crippen LogP) is 2.65. The summed E-state index contributed by atoms with van der Waals surface area (Å²) in [6.45, 7) is 2.97. The first-order chi connectivity index (χ1) is 8.08. The number of anilines is 1. The minimum atomic E-state index is -0.00424. The van der Waals surface area contributed by atoms with Crippen molar-refractivity contribution in [3.05, 3.63) is 27.3 Å². The van der Waals surface area contributed by atoms with E-state index in [0.29, 0.717) is 17.2 Å². The Labute approximate surface area is 115 Å². The van der Waals surface area contributed by atoms with Gasteiger partial charge in [-0.25, -0.2) is 0 Å². The lowest BCUT2D eigenvalue weighted by Crippen LogP contribution is -2.29. The third-order valence-electron chi connectivity index (χ3n) is 3.27. The molecule has 0 saturated heterocycles. The molecule has 0 radical (unpaired) electrons. The fourth-order valence-electron chi connectivity index (χ4n) is 1.86. The highest BCUT2D eigenvalue weighted by molar-refractivity contribution is 14.1. The SMILES string of the molecule is CC(CNC(=O)c1ccc(N)c(I)c1)C1CC1. The number of carbonyl (C=O) groups excluding carboxylic acids is 1. The summed E-state index contributed by atoms with van der Waals surface area (Å²) in [6, 6.07) is 5.38. The summed E-state index contributed by atoms with van der Waals surface area (Å²) in [4.78, 5) is 11.9. The van der Waals surface area contributed by atoms with E-state index >= 15 is 0 Å². The average Bonchev–Trinajstić information content (AvgIpc) is 3.13. The van der Waals surface area contributed by atoms with E-state index in [2.05, 4.69) is 34.8 Å². The van der Waals surface area contributed by atoms with Crippen LogP contribution in [0.1, 0.15) is 30.1 Å². The van der Waals surface area contributed by atoms with Crippen molar-refractivity contribution in [2.75, 3.05) is 12.3 Å². The number of halogens is 1. The van der Waals surface area contributed by atoms with Gasteiger partial charge in [0.05, 0.1) is 0 Å². The zero-order chi connectivity index (χ0) is 12.4. The lowest BCUT2D eigenvalue weighted by molar-refractivity contribution is 0.0946. The summed E-state index contributed by atoms with van der Waals surface area (Å²) in [5.74, 6) is 1.41. The van der Waals surface area contributed by atoms with E-state index < -0.39 is 0 Å². The molecule has 1 aliphatic carbocycles. The third kappa shape index (κ3) is 3.34. The van der Waals surface area contributed by atoms with E-state index in [1.807, 2.05) is 6.07 Å². The minimum absolute atomic E-state index is 0.00424. The van der Waals surface area contributed by atoms with Crippen molar-refractivity contribution in [1.82, 2.24) is 5.32 Å².